The van der Waals surface area contributed by atoms with E-state index < -0.39 is 0 Å². The van der Waals surface area contributed by atoms with Crippen LogP contribution in [0.5, 0.6) is 0 Å². The van der Waals surface area contributed by atoms with Gasteiger partial charge in [-0.15, -0.1) is 10.2 Å². The van der Waals surface area contributed by atoms with E-state index in [4.69, 9.17) is 4.74 Å². The van der Waals surface area contributed by atoms with E-state index in [9.17, 15) is 0 Å². The number of hydrogen-bond acceptors (Lipinski definition) is 5. The molecule has 0 amide bonds. The lowest BCUT2D eigenvalue weighted by atomic mass is 9.96. The van der Waals surface area contributed by atoms with Gasteiger partial charge in [0.2, 0.25) is 0 Å². The van der Waals surface area contributed by atoms with Crippen molar-refractivity contribution in [1.82, 2.24) is 24.6 Å². The second-order valence-electron chi connectivity index (χ2n) is 7.48. The molecule has 26 heavy (non-hydrogen) atoms. The molecule has 0 unspecified atom stereocenters. The van der Waals surface area contributed by atoms with Gasteiger partial charge in [-0.3, -0.25) is 9.80 Å². The number of hydrogen-bond donors (Lipinski definition) is 0. The average molecular weight is 355 g/mol. The van der Waals surface area contributed by atoms with Crippen molar-refractivity contribution in [3.05, 3.63) is 47.5 Å². The molecule has 0 saturated carbocycles. The first-order valence-corrected chi connectivity index (χ1v) is 9.74. The SMILES string of the molecule is Cn1c(CN2CCOCC2)nnc1[C@H]1CCCN(Cc2ccccc2)C1. The molecule has 0 aliphatic carbocycles. The van der Waals surface area contributed by atoms with Crippen LogP contribution in [0, 0.1) is 0 Å². The summed E-state index contributed by atoms with van der Waals surface area (Å²) in [5, 5.41) is 9.08. The van der Waals surface area contributed by atoms with Gasteiger partial charge in [0.05, 0.1) is 19.8 Å². The van der Waals surface area contributed by atoms with Crippen LogP contribution in [0.4, 0.5) is 0 Å². The van der Waals surface area contributed by atoms with Gasteiger partial charge >= 0.3 is 0 Å². The van der Waals surface area contributed by atoms with Crippen molar-refractivity contribution >= 4 is 0 Å². The fraction of sp³-hybridized carbons (Fsp3) is 0.600. The molecule has 0 bridgehead atoms. The van der Waals surface area contributed by atoms with E-state index in [2.05, 4.69) is 61.9 Å². The van der Waals surface area contributed by atoms with Crippen LogP contribution in [0.2, 0.25) is 0 Å². The van der Waals surface area contributed by atoms with Gasteiger partial charge in [0.15, 0.2) is 0 Å². The molecule has 6 nitrogen and oxygen atoms in total. The Morgan fingerprint density at radius 3 is 2.62 bits per heavy atom. The van der Waals surface area contributed by atoms with Crippen LogP contribution in [0.15, 0.2) is 30.3 Å². The molecule has 0 radical (unpaired) electrons. The minimum Gasteiger partial charge on any atom is -0.379 e. The van der Waals surface area contributed by atoms with Crippen molar-refractivity contribution in [1.29, 1.82) is 0 Å². The molecule has 2 aliphatic rings. The zero-order chi connectivity index (χ0) is 17.8. The summed E-state index contributed by atoms with van der Waals surface area (Å²) in [6.07, 6.45) is 2.43. The van der Waals surface area contributed by atoms with Crippen LogP contribution in [0.1, 0.15) is 36.0 Å². The first-order chi connectivity index (χ1) is 12.8. The Bertz CT molecular complexity index is 695. The third-order valence-corrected chi connectivity index (χ3v) is 5.59. The van der Waals surface area contributed by atoms with E-state index in [0.29, 0.717) is 5.92 Å². The Hall–Kier alpha value is -1.76. The minimum atomic E-state index is 0.475. The van der Waals surface area contributed by atoms with Gasteiger partial charge in [-0.25, -0.2) is 0 Å². The molecule has 2 saturated heterocycles. The van der Waals surface area contributed by atoms with Gasteiger partial charge in [-0.1, -0.05) is 30.3 Å². The molecule has 2 aromatic rings. The predicted octanol–water partition coefficient (Wildman–Crippen LogP) is 2.03. The first-order valence-electron chi connectivity index (χ1n) is 9.74. The quantitative estimate of drug-likeness (QED) is 0.821. The van der Waals surface area contributed by atoms with Crippen LogP contribution in [0.25, 0.3) is 0 Å². The van der Waals surface area contributed by atoms with Crippen LogP contribution >= 0.6 is 0 Å². The van der Waals surface area contributed by atoms with E-state index >= 15 is 0 Å². The molecule has 4 rings (SSSR count). The van der Waals surface area contributed by atoms with Crippen molar-refractivity contribution in [2.45, 2.75) is 31.8 Å². The number of ether oxygens (including phenoxy) is 1. The summed E-state index contributed by atoms with van der Waals surface area (Å²) in [6.45, 7) is 7.74. The van der Waals surface area contributed by atoms with E-state index in [1.54, 1.807) is 0 Å². The van der Waals surface area contributed by atoms with Crippen molar-refractivity contribution in [3.63, 3.8) is 0 Å². The molecular formula is C20H29N5O. The first kappa shape index (κ1) is 17.6. The van der Waals surface area contributed by atoms with Crippen molar-refractivity contribution in [2.24, 2.45) is 7.05 Å². The summed E-state index contributed by atoms with van der Waals surface area (Å²) < 4.78 is 7.67. The highest BCUT2D eigenvalue weighted by molar-refractivity contribution is 5.15. The molecule has 2 aliphatic heterocycles. The van der Waals surface area contributed by atoms with E-state index in [1.165, 1.54) is 24.9 Å². The average Bonchev–Trinajstić information content (AvgIpc) is 3.04. The number of morpholine rings is 1. The third-order valence-electron chi connectivity index (χ3n) is 5.59. The lowest BCUT2D eigenvalue weighted by Crippen LogP contribution is -2.36. The smallest absolute Gasteiger partial charge is 0.146 e. The second-order valence-corrected chi connectivity index (χ2v) is 7.48. The van der Waals surface area contributed by atoms with Crippen molar-refractivity contribution < 1.29 is 4.74 Å². The molecule has 0 spiro atoms. The molecule has 2 fully saturated rings. The number of nitrogens with zero attached hydrogens (tertiary/aromatic N) is 5. The maximum absolute atomic E-state index is 5.44. The Balaban J connectivity index is 1.40. The monoisotopic (exact) mass is 355 g/mol. The van der Waals surface area contributed by atoms with Gasteiger partial charge in [0.25, 0.3) is 0 Å². The molecule has 1 atom stereocenters. The topological polar surface area (TPSA) is 46.4 Å². The number of rotatable bonds is 5. The summed E-state index contributed by atoms with van der Waals surface area (Å²) in [5.41, 5.74) is 1.39. The van der Waals surface area contributed by atoms with Gasteiger partial charge in [0.1, 0.15) is 11.6 Å². The fourth-order valence-corrected chi connectivity index (χ4v) is 4.08. The maximum Gasteiger partial charge on any atom is 0.146 e. The van der Waals surface area contributed by atoms with Crippen LogP contribution in [-0.4, -0.2) is 64.0 Å². The van der Waals surface area contributed by atoms with Crippen LogP contribution in [-0.2, 0) is 24.9 Å². The zero-order valence-corrected chi connectivity index (χ0v) is 15.7. The molecule has 3 heterocycles. The number of aromatic nitrogens is 3. The molecular weight excluding hydrogens is 326 g/mol. The number of piperidine rings is 1. The summed E-state index contributed by atoms with van der Waals surface area (Å²) in [7, 11) is 2.13. The van der Waals surface area contributed by atoms with Crippen LogP contribution in [0.3, 0.4) is 0 Å². The molecule has 6 heteroatoms. The molecule has 1 aromatic heterocycles. The summed E-state index contributed by atoms with van der Waals surface area (Å²) >= 11 is 0. The zero-order valence-electron chi connectivity index (χ0n) is 15.7. The van der Waals surface area contributed by atoms with E-state index in [0.717, 1.165) is 57.6 Å². The second kappa shape index (κ2) is 8.29. The Morgan fingerprint density at radius 1 is 1.00 bits per heavy atom. The van der Waals surface area contributed by atoms with E-state index in [-0.39, 0.29) is 0 Å². The highest BCUT2D eigenvalue weighted by Gasteiger charge is 2.26. The van der Waals surface area contributed by atoms with Gasteiger partial charge in [0, 0.05) is 39.1 Å². The highest BCUT2D eigenvalue weighted by atomic mass is 16.5. The largest absolute Gasteiger partial charge is 0.379 e. The molecule has 140 valence electrons. The van der Waals surface area contributed by atoms with Gasteiger partial charge in [-0.2, -0.15) is 0 Å². The number of benzene rings is 1. The summed E-state index contributed by atoms with van der Waals surface area (Å²) in [6, 6.07) is 10.8. The maximum atomic E-state index is 5.44. The Kier molecular flexibility index (Phi) is 5.62. The summed E-state index contributed by atoms with van der Waals surface area (Å²) in [4.78, 5) is 4.96. The lowest BCUT2D eigenvalue weighted by molar-refractivity contribution is 0.0326. The molecule has 0 N–H and O–H groups in total. The Morgan fingerprint density at radius 2 is 1.81 bits per heavy atom. The standard InChI is InChI=1S/C20H29N5O/c1-23-19(16-24-10-12-26-13-11-24)21-22-20(23)18-8-5-9-25(15-18)14-17-6-3-2-4-7-17/h2-4,6-7,18H,5,8-16H2,1H3/t18-/m0/s1. The third kappa shape index (κ3) is 4.14. The van der Waals surface area contributed by atoms with Crippen LogP contribution < -0.4 is 0 Å². The summed E-state index contributed by atoms with van der Waals surface area (Å²) in [5.74, 6) is 2.69. The predicted molar refractivity (Wildman–Crippen MR) is 101 cm³/mol. The van der Waals surface area contributed by atoms with Gasteiger partial charge < -0.3 is 9.30 Å². The highest BCUT2D eigenvalue weighted by Crippen LogP contribution is 2.27. The Labute approximate surface area is 155 Å². The van der Waals surface area contributed by atoms with Gasteiger partial charge in [-0.05, 0) is 24.9 Å². The number of likely N-dealkylation sites (tertiary alicyclic amines) is 1. The fourth-order valence-electron chi connectivity index (χ4n) is 4.08. The normalized spacial score (nSPS) is 22.6. The van der Waals surface area contributed by atoms with Crippen molar-refractivity contribution in [2.75, 3.05) is 39.4 Å². The van der Waals surface area contributed by atoms with Crippen molar-refractivity contribution in [3.8, 4) is 0 Å². The van der Waals surface area contributed by atoms with E-state index in [1.807, 2.05) is 0 Å². The minimum absolute atomic E-state index is 0.475. The molecule has 1 aromatic carbocycles. The lowest BCUT2D eigenvalue weighted by Gasteiger charge is -2.32.